The van der Waals surface area contributed by atoms with Crippen LogP contribution in [0.5, 0.6) is 0 Å². The van der Waals surface area contributed by atoms with Crippen molar-refractivity contribution in [2.45, 2.75) is 43.9 Å². The SMILES string of the molecule is CCc1cc(=O)n2c(n1)SCC2CC(=O)NC(C)c1ccccc1. The van der Waals surface area contributed by atoms with Crippen molar-refractivity contribution in [1.29, 1.82) is 0 Å². The number of nitrogens with zero attached hydrogens (tertiary/aromatic N) is 2. The first-order valence-electron chi connectivity index (χ1n) is 8.18. The fourth-order valence-corrected chi connectivity index (χ4v) is 4.04. The summed E-state index contributed by atoms with van der Waals surface area (Å²) in [6, 6.07) is 11.3. The number of rotatable bonds is 5. The molecule has 2 heterocycles. The van der Waals surface area contributed by atoms with Gasteiger partial charge in [-0.25, -0.2) is 4.98 Å². The number of carbonyl (C=O) groups excluding carboxylic acids is 1. The van der Waals surface area contributed by atoms with Crippen molar-refractivity contribution in [2.75, 3.05) is 5.75 Å². The molecular formula is C18H21N3O2S. The number of nitrogens with one attached hydrogen (secondary N) is 1. The average Bonchev–Trinajstić information content (AvgIpc) is 2.98. The number of carbonyl (C=O) groups is 1. The zero-order chi connectivity index (χ0) is 17.1. The molecule has 24 heavy (non-hydrogen) atoms. The minimum atomic E-state index is -0.126. The van der Waals surface area contributed by atoms with Gasteiger partial charge in [-0.3, -0.25) is 14.2 Å². The van der Waals surface area contributed by atoms with Crippen LogP contribution in [0, 0.1) is 0 Å². The van der Waals surface area contributed by atoms with Crippen molar-refractivity contribution in [1.82, 2.24) is 14.9 Å². The van der Waals surface area contributed by atoms with Crippen LogP contribution in [0.2, 0.25) is 0 Å². The third kappa shape index (κ3) is 3.53. The number of benzene rings is 1. The molecule has 0 fully saturated rings. The number of amides is 1. The van der Waals surface area contributed by atoms with Gasteiger partial charge in [0.1, 0.15) is 0 Å². The quantitative estimate of drug-likeness (QED) is 0.848. The molecule has 1 aromatic heterocycles. The van der Waals surface area contributed by atoms with E-state index in [1.165, 1.54) is 0 Å². The smallest absolute Gasteiger partial charge is 0.254 e. The van der Waals surface area contributed by atoms with Crippen molar-refractivity contribution in [3.63, 3.8) is 0 Å². The second-order valence-electron chi connectivity index (χ2n) is 5.96. The Balaban J connectivity index is 1.68. The Kier molecular flexibility index (Phi) is 5.04. The van der Waals surface area contributed by atoms with Gasteiger partial charge in [0.25, 0.3) is 5.56 Å². The molecule has 0 spiro atoms. The van der Waals surface area contributed by atoms with Crippen LogP contribution in [-0.2, 0) is 11.2 Å². The number of fused-ring (bicyclic) bond motifs is 1. The third-order valence-electron chi connectivity index (χ3n) is 4.20. The van der Waals surface area contributed by atoms with Crippen LogP contribution in [0.25, 0.3) is 0 Å². The van der Waals surface area contributed by atoms with Crippen LogP contribution in [0.4, 0.5) is 0 Å². The Morgan fingerprint density at radius 1 is 1.42 bits per heavy atom. The summed E-state index contributed by atoms with van der Waals surface area (Å²) in [5.41, 5.74) is 1.82. The van der Waals surface area contributed by atoms with Crippen LogP contribution < -0.4 is 10.9 Å². The lowest BCUT2D eigenvalue weighted by molar-refractivity contribution is -0.122. The predicted molar refractivity (Wildman–Crippen MR) is 95.3 cm³/mol. The second-order valence-corrected chi connectivity index (χ2v) is 6.95. The number of aryl methyl sites for hydroxylation is 1. The van der Waals surface area contributed by atoms with Crippen LogP contribution in [0.15, 0.2) is 46.3 Å². The molecule has 5 nitrogen and oxygen atoms in total. The molecule has 1 aliphatic rings. The summed E-state index contributed by atoms with van der Waals surface area (Å²) in [5, 5.41) is 3.74. The molecule has 0 aliphatic carbocycles. The van der Waals surface area contributed by atoms with Crippen LogP contribution in [0.1, 0.15) is 43.6 Å². The highest BCUT2D eigenvalue weighted by Crippen LogP contribution is 2.32. The van der Waals surface area contributed by atoms with E-state index in [9.17, 15) is 9.59 Å². The summed E-state index contributed by atoms with van der Waals surface area (Å²) in [7, 11) is 0. The monoisotopic (exact) mass is 343 g/mol. The molecule has 2 atom stereocenters. The molecule has 2 aromatic rings. The van der Waals surface area contributed by atoms with Gasteiger partial charge in [0.15, 0.2) is 5.16 Å². The highest BCUT2D eigenvalue weighted by Gasteiger charge is 2.27. The minimum Gasteiger partial charge on any atom is -0.350 e. The van der Waals surface area contributed by atoms with Crippen molar-refractivity contribution in [2.24, 2.45) is 0 Å². The summed E-state index contributed by atoms with van der Waals surface area (Å²) >= 11 is 1.55. The third-order valence-corrected chi connectivity index (χ3v) is 5.30. The van der Waals surface area contributed by atoms with Gasteiger partial charge < -0.3 is 5.32 Å². The lowest BCUT2D eigenvalue weighted by Gasteiger charge is -2.17. The molecule has 0 bridgehead atoms. The Labute approximate surface area is 145 Å². The van der Waals surface area contributed by atoms with E-state index in [1.807, 2.05) is 44.2 Å². The molecule has 1 aromatic carbocycles. The van der Waals surface area contributed by atoms with E-state index in [-0.39, 0.29) is 23.6 Å². The summed E-state index contributed by atoms with van der Waals surface area (Å²) in [5.74, 6) is 0.666. The Hall–Kier alpha value is -2.08. The zero-order valence-corrected chi connectivity index (χ0v) is 14.7. The minimum absolute atomic E-state index is 0.0451. The Morgan fingerprint density at radius 3 is 2.88 bits per heavy atom. The molecule has 6 heteroatoms. The van der Waals surface area contributed by atoms with E-state index in [4.69, 9.17) is 0 Å². The molecular weight excluding hydrogens is 322 g/mol. The molecule has 1 amide bonds. The normalized spacial score (nSPS) is 17.3. The molecule has 0 radical (unpaired) electrons. The molecule has 3 rings (SSSR count). The first kappa shape index (κ1) is 16.8. The molecule has 126 valence electrons. The zero-order valence-electron chi connectivity index (χ0n) is 13.9. The van der Waals surface area contributed by atoms with E-state index >= 15 is 0 Å². The molecule has 1 aliphatic heterocycles. The largest absolute Gasteiger partial charge is 0.350 e. The van der Waals surface area contributed by atoms with Crippen molar-refractivity contribution in [3.05, 3.63) is 58.0 Å². The van der Waals surface area contributed by atoms with Crippen LogP contribution >= 0.6 is 11.8 Å². The standard InChI is InChI=1S/C18H21N3O2S/c1-3-14-9-17(23)21-15(11-24-18(21)20-14)10-16(22)19-12(2)13-7-5-4-6-8-13/h4-9,12,15H,3,10-11H2,1-2H3,(H,19,22). The number of hydrogen-bond acceptors (Lipinski definition) is 4. The van der Waals surface area contributed by atoms with Gasteiger partial charge in [-0.2, -0.15) is 0 Å². The maximum absolute atomic E-state index is 12.4. The van der Waals surface area contributed by atoms with Crippen molar-refractivity contribution in [3.8, 4) is 0 Å². The number of aromatic nitrogens is 2. The van der Waals surface area contributed by atoms with E-state index in [0.29, 0.717) is 12.2 Å². The van der Waals surface area contributed by atoms with Gasteiger partial charge in [0.2, 0.25) is 5.91 Å². The predicted octanol–water partition coefficient (Wildman–Crippen LogP) is 2.72. The molecule has 2 unspecified atom stereocenters. The number of hydrogen-bond donors (Lipinski definition) is 1. The van der Waals surface area contributed by atoms with Gasteiger partial charge in [-0.15, -0.1) is 0 Å². The maximum Gasteiger partial charge on any atom is 0.254 e. The first-order valence-corrected chi connectivity index (χ1v) is 9.16. The molecule has 1 N–H and O–H groups in total. The summed E-state index contributed by atoms with van der Waals surface area (Å²) < 4.78 is 1.66. The van der Waals surface area contributed by atoms with E-state index in [2.05, 4.69) is 10.3 Å². The summed E-state index contributed by atoms with van der Waals surface area (Å²) in [6.45, 7) is 3.94. The first-order chi connectivity index (χ1) is 11.6. The van der Waals surface area contributed by atoms with Crippen molar-refractivity contribution >= 4 is 17.7 Å². The maximum atomic E-state index is 12.4. The van der Waals surface area contributed by atoms with Gasteiger partial charge in [-0.05, 0) is 18.9 Å². The van der Waals surface area contributed by atoms with E-state index < -0.39 is 0 Å². The highest BCUT2D eigenvalue weighted by atomic mass is 32.2. The van der Waals surface area contributed by atoms with E-state index in [1.54, 1.807) is 22.4 Å². The molecule has 0 saturated carbocycles. The average molecular weight is 343 g/mol. The fourth-order valence-electron chi connectivity index (χ4n) is 2.87. The summed E-state index contributed by atoms with van der Waals surface area (Å²) in [6.07, 6.45) is 1.04. The number of thioether (sulfide) groups is 1. The van der Waals surface area contributed by atoms with Gasteiger partial charge in [0.05, 0.1) is 12.1 Å². The van der Waals surface area contributed by atoms with Gasteiger partial charge >= 0.3 is 0 Å². The van der Waals surface area contributed by atoms with E-state index in [0.717, 1.165) is 22.8 Å². The van der Waals surface area contributed by atoms with Crippen LogP contribution in [-0.4, -0.2) is 21.2 Å². The highest BCUT2D eigenvalue weighted by molar-refractivity contribution is 7.99. The molecule has 0 saturated heterocycles. The topological polar surface area (TPSA) is 64.0 Å². The second kappa shape index (κ2) is 7.21. The summed E-state index contributed by atoms with van der Waals surface area (Å²) in [4.78, 5) is 29.2. The van der Waals surface area contributed by atoms with Gasteiger partial charge in [0, 0.05) is 23.9 Å². The lowest BCUT2D eigenvalue weighted by atomic mass is 10.1. The van der Waals surface area contributed by atoms with Crippen molar-refractivity contribution < 1.29 is 4.79 Å². The van der Waals surface area contributed by atoms with Crippen LogP contribution in [0.3, 0.4) is 0 Å². The Bertz CT molecular complexity index is 789. The van der Waals surface area contributed by atoms with Gasteiger partial charge in [-0.1, -0.05) is 49.0 Å². The lowest BCUT2D eigenvalue weighted by Crippen LogP contribution is -2.32. The fraction of sp³-hybridized carbons (Fsp3) is 0.389. The Morgan fingerprint density at radius 2 is 2.17 bits per heavy atom.